The normalized spacial score (nSPS) is 12.3. The molecule has 4 nitrogen and oxygen atoms in total. The fourth-order valence-corrected chi connectivity index (χ4v) is 3.75. The smallest absolute Gasteiger partial charge is 0.221 e. The van der Waals surface area contributed by atoms with E-state index in [0.29, 0.717) is 35.4 Å². The van der Waals surface area contributed by atoms with E-state index < -0.39 is 0 Å². The second-order valence-electron chi connectivity index (χ2n) is 6.43. The van der Waals surface area contributed by atoms with Crippen LogP contribution < -0.4 is 5.32 Å². The fraction of sp³-hybridized carbons (Fsp3) is 0.300. The Morgan fingerprint density at radius 3 is 2.69 bits per heavy atom. The third-order valence-corrected chi connectivity index (χ3v) is 5.29. The lowest BCUT2D eigenvalue weighted by Gasteiger charge is -2.21. The maximum atomic E-state index is 12.4. The van der Waals surface area contributed by atoms with E-state index in [1.54, 1.807) is 17.5 Å². The van der Waals surface area contributed by atoms with Gasteiger partial charge in [0.1, 0.15) is 0 Å². The monoisotopic (exact) mass is 388 g/mol. The molecule has 2 aromatic heterocycles. The SMILES string of the molecule is CC(C)C(NC(=O)CCc1ncc(-c2ccc(Cl)cc2)o1)c1cccs1. The number of halogens is 1. The standard InChI is InChI=1S/C20H21ClN2O2S/c1-13(2)20(17-4-3-11-26-17)23-18(24)9-10-19-22-12-16(25-19)14-5-7-15(21)8-6-14/h3-8,11-13,20H,9-10H2,1-2H3,(H,23,24). The number of rotatable bonds is 7. The van der Waals surface area contributed by atoms with Crippen LogP contribution in [0.15, 0.2) is 52.4 Å². The van der Waals surface area contributed by atoms with Crippen LogP contribution in [0.5, 0.6) is 0 Å². The molecule has 1 aromatic carbocycles. The van der Waals surface area contributed by atoms with Crippen LogP contribution in [-0.4, -0.2) is 10.9 Å². The summed E-state index contributed by atoms with van der Waals surface area (Å²) in [6, 6.07) is 11.5. The summed E-state index contributed by atoms with van der Waals surface area (Å²) in [6.45, 7) is 4.22. The highest BCUT2D eigenvalue weighted by molar-refractivity contribution is 7.10. The summed E-state index contributed by atoms with van der Waals surface area (Å²) in [7, 11) is 0. The maximum Gasteiger partial charge on any atom is 0.221 e. The van der Waals surface area contributed by atoms with Gasteiger partial charge in [-0.05, 0) is 41.6 Å². The van der Waals surface area contributed by atoms with Gasteiger partial charge in [0.2, 0.25) is 5.91 Å². The minimum Gasteiger partial charge on any atom is -0.441 e. The van der Waals surface area contributed by atoms with Gasteiger partial charge in [0.15, 0.2) is 11.7 Å². The van der Waals surface area contributed by atoms with Gasteiger partial charge in [-0.25, -0.2) is 4.98 Å². The van der Waals surface area contributed by atoms with Crippen molar-refractivity contribution in [3.05, 3.63) is 63.8 Å². The molecular formula is C20H21ClN2O2S. The van der Waals surface area contributed by atoms with Crippen molar-refractivity contribution < 1.29 is 9.21 Å². The van der Waals surface area contributed by atoms with Crippen molar-refractivity contribution >= 4 is 28.8 Å². The molecule has 3 rings (SSSR count). The Labute approximate surface area is 162 Å². The van der Waals surface area contributed by atoms with Gasteiger partial charge in [-0.2, -0.15) is 0 Å². The van der Waals surface area contributed by atoms with Gasteiger partial charge in [-0.1, -0.05) is 31.5 Å². The Kier molecular flexibility index (Phi) is 6.12. The van der Waals surface area contributed by atoms with Crippen molar-refractivity contribution in [2.45, 2.75) is 32.7 Å². The average molecular weight is 389 g/mol. The number of thiophene rings is 1. The van der Waals surface area contributed by atoms with Crippen LogP contribution in [0.4, 0.5) is 0 Å². The molecule has 0 fully saturated rings. The molecule has 1 N–H and O–H groups in total. The number of hydrogen-bond donors (Lipinski definition) is 1. The van der Waals surface area contributed by atoms with E-state index in [1.165, 1.54) is 4.88 Å². The number of carbonyl (C=O) groups is 1. The highest BCUT2D eigenvalue weighted by Gasteiger charge is 2.19. The van der Waals surface area contributed by atoms with Gasteiger partial charge in [0.25, 0.3) is 0 Å². The van der Waals surface area contributed by atoms with Crippen molar-refractivity contribution in [2.24, 2.45) is 5.92 Å². The van der Waals surface area contributed by atoms with Crippen LogP contribution in [0.1, 0.15) is 37.1 Å². The number of carbonyl (C=O) groups excluding carboxylic acids is 1. The highest BCUT2D eigenvalue weighted by atomic mass is 35.5. The number of nitrogens with zero attached hydrogens (tertiary/aromatic N) is 1. The summed E-state index contributed by atoms with van der Waals surface area (Å²) in [5.41, 5.74) is 0.912. The molecule has 1 amide bonds. The Morgan fingerprint density at radius 1 is 1.27 bits per heavy atom. The summed E-state index contributed by atoms with van der Waals surface area (Å²) >= 11 is 7.56. The number of benzene rings is 1. The zero-order chi connectivity index (χ0) is 18.5. The third kappa shape index (κ3) is 4.74. The lowest BCUT2D eigenvalue weighted by molar-refractivity contribution is -0.122. The topological polar surface area (TPSA) is 55.1 Å². The predicted octanol–water partition coefficient (Wildman–Crippen LogP) is 5.50. The van der Waals surface area contributed by atoms with E-state index in [2.05, 4.69) is 30.2 Å². The Balaban J connectivity index is 1.57. The average Bonchev–Trinajstić information content (AvgIpc) is 3.30. The third-order valence-electron chi connectivity index (χ3n) is 4.08. The van der Waals surface area contributed by atoms with E-state index in [4.69, 9.17) is 16.0 Å². The van der Waals surface area contributed by atoms with Crippen molar-refractivity contribution in [3.63, 3.8) is 0 Å². The first kappa shape index (κ1) is 18.7. The molecule has 3 aromatic rings. The summed E-state index contributed by atoms with van der Waals surface area (Å²) < 4.78 is 5.75. The number of hydrogen-bond acceptors (Lipinski definition) is 4. The van der Waals surface area contributed by atoms with Gasteiger partial charge in [0, 0.05) is 28.3 Å². The molecule has 0 aliphatic heterocycles. The molecule has 0 radical (unpaired) electrons. The predicted molar refractivity (Wildman–Crippen MR) is 105 cm³/mol. The molecule has 2 heterocycles. The molecular weight excluding hydrogens is 368 g/mol. The highest BCUT2D eigenvalue weighted by Crippen LogP contribution is 2.26. The van der Waals surface area contributed by atoms with E-state index in [1.807, 2.05) is 35.7 Å². The molecule has 0 spiro atoms. The molecule has 136 valence electrons. The summed E-state index contributed by atoms with van der Waals surface area (Å²) in [5, 5.41) is 5.83. The molecule has 0 aliphatic carbocycles. The zero-order valence-corrected chi connectivity index (χ0v) is 16.3. The Hall–Kier alpha value is -2.11. The summed E-state index contributed by atoms with van der Waals surface area (Å²) in [5.74, 6) is 1.57. The van der Waals surface area contributed by atoms with Crippen molar-refractivity contribution in [3.8, 4) is 11.3 Å². The molecule has 1 atom stereocenters. The van der Waals surface area contributed by atoms with E-state index in [0.717, 1.165) is 5.56 Å². The molecule has 0 aliphatic rings. The first-order valence-corrected chi connectivity index (χ1v) is 9.82. The second kappa shape index (κ2) is 8.52. The van der Waals surface area contributed by atoms with Crippen molar-refractivity contribution in [1.29, 1.82) is 0 Å². The van der Waals surface area contributed by atoms with E-state index in [-0.39, 0.29) is 11.9 Å². The summed E-state index contributed by atoms with van der Waals surface area (Å²) in [4.78, 5) is 17.8. The van der Waals surface area contributed by atoms with E-state index >= 15 is 0 Å². The molecule has 6 heteroatoms. The van der Waals surface area contributed by atoms with Crippen LogP contribution in [0.2, 0.25) is 5.02 Å². The molecule has 0 bridgehead atoms. The van der Waals surface area contributed by atoms with Crippen molar-refractivity contribution in [2.75, 3.05) is 0 Å². The van der Waals surface area contributed by atoms with Gasteiger partial charge in [0.05, 0.1) is 12.2 Å². The first-order chi connectivity index (χ1) is 12.5. The second-order valence-corrected chi connectivity index (χ2v) is 7.85. The van der Waals surface area contributed by atoms with Gasteiger partial charge < -0.3 is 9.73 Å². The molecule has 26 heavy (non-hydrogen) atoms. The maximum absolute atomic E-state index is 12.4. The lowest BCUT2D eigenvalue weighted by Crippen LogP contribution is -2.31. The van der Waals surface area contributed by atoms with Crippen LogP contribution >= 0.6 is 22.9 Å². The number of amides is 1. The van der Waals surface area contributed by atoms with Gasteiger partial charge in [-0.15, -0.1) is 11.3 Å². The van der Waals surface area contributed by atoms with E-state index in [9.17, 15) is 4.79 Å². The molecule has 1 unspecified atom stereocenters. The fourth-order valence-electron chi connectivity index (χ4n) is 2.67. The zero-order valence-electron chi connectivity index (χ0n) is 14.7. The number of aryl methyl sites for hydroxylation is 1. The minimum atomic E-state index is 0.00310. The number of nitrogens with one attached hydrogen (secondary N) is 1. The number of oxazole rings is 1. The van der Waals surface area contributed by atoms with Crippen LogP contribution in [0.3, 0.4) is 0 Å². The quantitative estimate of drug-likeness (QED) is 0.581. The Morgan fingerprint density at radius 2 is 2.04 bits per heavy atom. The van der Waals surface area contributed by atoms with Gasteiger partial charge in [-0.3, -0.25) is 4.79 Å². The molecule has 0 saturated heterocycles. The minimum absolute atomic E-state index is 0.00310. The molecule has 0 saturated carbocycles. The first-order valence-electron chi connectivity index (χ1n) is 8.56. The largest absolute Gasteiger partial charge is 0.441 e. The Bertz CT molecular complexity index is 841. The van der Waals surface area contributed by atoms with Crippen LogP contribution in [0, 0.1) is 5.92 Å². The number of aromatic nitrogens is 1. The van der Waals surface area contributed by atoms with Crippen molar-refractivity contribution in [1.82, 2.24) is 10.3 Å². The summed E-state index contributed by atoms with van der Waals surface area (Å²) in [6.07, 6.45) is 2.49. The van der Waals surface area contributed by atoms with Crippen LogP contribution in [0.25, 0.3) is 11.3 Å². The van der Waals surface area contributed by atoms with Crippen LogP contribution in [-0.2, 0) is 11.2 Å². The lowest BCUT2D eigenvalue weighted by atomic mass is 10.0. The van der Waals surface area contributed by atoms with Gasteiger partial charge >= 0.3 is 0 Å².